The van der Waals surface area contributed by atoms with Gasteiger partial charge in [-0.15, -0.1) is 0 Å². The number of aryl methyl sites for hydroxylation is 2. The topological polar surface area (TPSA) is 44.5 Å². The molecule has 2 N–H and O–H groups in total. The highest BCUT2D eigenvalue weighted by Gasteiger charge is 2.38. The Kier molecular flexibility index (Phi) is 4.61. The zero-order valence-electron chi connectivity index (χ0n) is 12.2. The first kappa shape index (κ1) is 14.5. The van der Waals surface area contributed by atoms with E-state index in [0.717, 1.165) is 32.5 Å². The highest BCUT2D eigenvalue weighted by molar-refractivity contribution is 5.29. The molecule has 19 heavy (non-hydrogen) atoms. The smallest absolute Gasteiger partial charge is 0.0875 e. The van der Waals surface area contributed by atoms with Crippen LogP contribution in [0.25, 0.3) is 0 Å². The van der Waals surface area contributed by atoms with Crippen molar-refractivity contribution in [1.29, 1.82) is 0 Å². The van der Waals surface area contributed by atoms with Crippen LogP contribution in [0.2, 0.25) is 0 Å². The van der Waals surface area contributed by atoms with Crippen LogP contribution in [0.4, 0.5) is 0 Å². The minimum absolute atomic E-state index is 0.0163. The van der Waals surface area contributed by atoms with Gasteiger partial charge in [0.25, 0.3) is 0 Å². The Morgan fingerprint density at radius 1 is 1.21 bits per heavy atom. The second-order valence-corrected chi connectivity index (χ2v) is 5.69. The van der Waals surface area contributed by atoms with Gasteiger partial charge in [-0.3, -0.25) is 0 Å². The van der Waals surface area contributed by atoms with Crippen molar-refractivity contribution in [2.75, 3.05) is 20.3 Å². The molecule has 1 aromatic rings. The summed E-state index contributed by atoms with van der Waals surface area (Å²) in [6, 6.07) is 6.64. The van der Waals surface area contributed by atoms with E-state index in [9.17, 15) is 0 Å². The average molecular weight is 263 g/mol. The molecule has 0 amide bonds. The summed E-state index contributed by atoms with van der Waals surface area (Å²) < 4.78 is 11.2. The standard InChI is InChI=1S/C16H25NO2/c1-12-8-13(2)10-14(9-12)11-15(17)16(18-3)4-6-19-7-5-16/h8-10,15H,4-7,11,17H2,1-3H3. The molecule has 0 saturated carbocycles. The maximum absolute atomic E-state index is 6.45. The van der Waals surface area contributed by atoms with Crippen LogP contribution in [-0.4, -0.2) is 32.0 Å². The van der Waals surface area contributed by atoms with Gasteiger partial charge < -0.3 is 15.2 Å². The van der Waals surface area contributed by atoms with Crippen molar-refractivity contribution in [1.82, 2.24) is 0 Å². The highest BCUT2D eigenvalue weighted by atomic mass is 16.5. The van der Waals surface area contributed by atoms with Crippen LogP contribution < -0.4 is 5.73 Å². The molecule has 0 aromatic heterocycles. The Balaban J connectivity index is 2.12. The third-order valence-electron chi connectivity index (χ3n) is 4.16. The van der Waals surface area contributed by atoms with Gasteiger partial charge in [-0.05, 0) is 25.8 Å². The molecule has 1 saturated heterocycles. The predicted molar refractivity (Wildman–Crippen MR) is 77.4 cm³/mol. The molecule has 1 atom stereocenters. The Labute approximate surface area is 116 Å². The summed E-state index contributed by atoms with van der Waals surface area (Å²) in [5, 5.41) is 0. The minimum atomic E-state index is -0.226. The van der Waals surface area contributed by atoms with Crippen LogP contribution in [0, 0.1) is 13.8 Å². The highest BCUT2D eigenvalue weighted by Crippen LogP contribution is 2.29. The Hall–Kier alpha value is -0.900. The maximum atomic E-state index is 6.45. The summed E-state index contributed by atoms with van der Waals surface area (Å²) in [7, 11) is 1.77. The molecular formula is C16H25NO2. The van der Waals surface area contributed by atoms with E-state index in [1.54, 1.807) is 7.11 Å². The Morgan fingerprint density at radius 2 is 1.79 bits per heavy atom. The van der Waals surface area contributed by atoms with Gasteiger partial charge in [0.15, 0.2) is 0 Å². The fraction of sp³-hybridized carbons (Fsp3) is 0.625. The summed E-state index contributed by atoms with van der Waals surface area (Å²) in [5.41, 5.74) is 10.1. The summed E-state index contributed by atoms with van der Waals surface area (Å²) in [4.78, 5) is 0. The summed E-state index contributed by atoms with van der Waals surface area (Å²) in [6.07, 6.45) is 2.63. The number of ether oxygens (including phenoxy) is 2. The quantitative estimate of drug-likeness (QED) is 0.907. The first-order valence-electron chi connectivity index (χ1n) is 7.01. The normalized spacial score (nSPS) is 20.2. The predicted octanol–water partition coefficient (Wildman–Crippen LogP) is 2.37. The van der Waals surface area contributed by atoms with E-state index in [2.05, 4.69) is 32.0 Å². The first-order chi connectivity index (χ1) is 9.05. The van der Waals surface area contributed by atoms with Crippen molar-refractivity contribution in [3.63, 3.8) is 0 Å². The number of nitrogens with two attached hydrogens (primary N) is 1. The van der Waals surface area contributed by atoms with Crippen molar-refractivity contribution in [2.24, 2.45) is 5.73 Å². The molecule has 1 fully saturated rings. The van der Waals surface area contributed by atoms with Crippen molar-refractivity contribution in [3.8, 4) is 0 Å². The van der Waals surface area contributed by atoms with Gasteiger partial charge in [0.1, 0.15) is 0 Å². The van der Waals surface area contributed by atoms with Crippen molar-refractivity contribution in [2.45, 2.75) is 44.8 Å². The van der Waals surface area contributed by atoms with Crippen LogP contribution in [-0.2, 0) is 15.9 Å². The van der Waals surface area contributed by atoms with E-state index in [0.29, 0.717) is 0 Å². The van der Waals surface area contributed by atoms with Crippen LogP contribution >= 0.6 is 0 Å². The van der Waals surface area contributed by atoms with Gasteiger partial charge in [0.05, 0.1) is 5.60 Å². The van der Waals surface area contributed by atoms with Gasteiger partial charge in [-0.2, -0.15) is 0 Å². The van der Waals surface area contributed by atoms with E-state index >= 15 is 0 Å². The van der Waals surface area contributed by atoms with Crippen LogP contribution in [0.3, 0.4) is 0 Å². The maximum Gasteiger partial charge on any atom is 0.0875 e. The molecule has 0 spiro atoms. The fourth-order valence-electron chi connectivity index (χ4n) is 3.07. The number of rotatable bonds is 4. The summed E-state index contributed by atoms with van der Waals surface area (Å²) in [5.74, 6) is 0. The fourth-order valence-corrected chi connectivity index (χ4v) is 3.07. The number of hydrogen-bond donors (Lipinski definition) is 1. The molecule has 0 radical (unpaired) electrons. The molecule has 1 aromatic carbocycles. The zero-order chi connectivity index (χ0) is 13.9. The Morgan fingerprint density at radius 3 is 2.32 bits per heavy atom. The Bertz CT molecular complexity index is 405. The number of hydrogen-bond acceptors (Lipinski definition) is 3. The largest absolute Gasteiger partial charge is 0.381 e. The minimum Gasteiger partial charge on any atom is -0.381 e. The molecule has 1 aliphatic heterocycles. The summed E-state index contributed by atoms with van der Waals surface area (Å²) >= 11 is 0. The third-order valence-corrected chi connectivity index (χ3v) is 4.16. The van der Waals surface area contributed by atoms with Gasteiger partial charge in [-0.25, -0.2) is 0 Å². The SMILES string of the molecule is COC1(C(N)Cc2cc(C)cc(C)c2)CCOCC1. The zero-order valence-corrected chi connectivity index (χ0v) is 12.2. The van der Waals surface area contributed by atoms with Crippen LogP contribution in [0.5, 0.6) is 0 Å². The molecule has 3 nitrogen and oxygen atoms in total. The molecule has 1 unspecified atom stereocenters. The lowest BCUT2D eigenvalue weighted by molar-refractivity contribution is -0.103. The van der Waals surface area contributed by atoms with E-state index in [1.807, 2.05) is 0 Å². The lowest BCUT2D eigenvalue weighted by Gasteiger charge is -2.40. The van der Waals surface area contributed by atoms with Gasteiger partial charge in [0, 0.05) is 39.2 Å². The second kappa shape index (κ2) is 6.04. The van der Waals surface area contributed by atoms with Crippen molar-refractivity contribution < 1.29 is 9.47 Å². The average Bonchev–Trinajstić information content (AvgIpc) is 2.38. The molecule has 3 heteroatoms. The molecule has 106 valence electrons. The van der Waals surface area contributed by atoms with Crippen LogP contribution in [0.15, 0.2) is 18.2 Å². The van der Waals surface area contributed by atoms with E-state index < -0.39 is 0 Å². The van der Waals surface area contributed by atoms with E-state index in [1.165, 1.54) is 16.7 Å². The first-order valence-corrected chi connectivity index (χ1v) is 7.01. The third kappa shape index (κ3) is 3.35. The molecule has 1 heterocycles. The van der Waals surface area contributed by atoms with Crippen molar-refractivity contribution in [3.05, 3.63) is 34.9 Å². The number of benzene rings is 1. The van der Waals surface area contributed by atoms with Crippen molar-refractivity contribution >= 4 is 0 Å². The van der Waals surface area contributed by atoms with E-state index in [4.69, 9.17) is 15.2 Å². The lowest BCUT2D eigenvalue weighted by Crippen LogP contribution is -2.53. The number of methoxy groups -OCH3 is 1. The molecule has 2 rings (SSSR count). The monoisotopic (exact) mass is 263 g/mol. The van der Waals surface area contributed by atoms with Gasteiger partial charge in [-0.1, -0.05) is 29.3 Å². The molecule has 0 bridgehead atoms. The lowest BCUT2D eigenvalue weighted by atomic mass is 9.83. The molecule has 1 aliphatic rings. The van der Waals surface area contributed by atoms with E-state index in [-0.39, 0.29) is 11.6 Å². The molecule has 0 aliphatic carbocycles. The van der Waals surface area contributed by atoms with Gasteiger partial charge >= 0.3 is 0 Å². The summed E-state index contributed by atoms with van der Waals surface area (Å²) in [6.45, 7) is 5.74. The van der Waals surface area contributed by atoms with Gasteiger partial charge in [0.2, 0.25) is 0 Å². The van der Waals surface area contributed by atoms with Crippen LogP contribution in [0.1, 0.15) is 29.5 Å². The molecular weight excluding hydrogens is 238 g/mol. The second-order valence-electron chi connectivity index (χ2n) is 5.69.